The highest BCUT2D eigenvalue weighted by Gasteiger charge is 2.23. The molecule has 1 fully saturated rings. The van der Waals surface area contributed by atoms with Crippen LogP contribution in [0, 0.1) is 0 Å². The third-order valence-corrected chi connectivity index (χ3v) is 6.41. The topological polar surface area (TPSA) is 111 Å². The summed E-state index contributed by atoms with van der Waals surface area (Å²) in [5.74, 6) is -0.162. The van der Waals surface area contributed by atoms with Gasteiger partial charge in [0.2, 0.25) is 0 Å². The Hall–Kier alpha value is -3.83. The highest BCUT2D eigenvalue weighted by molar-refractivity contribution is 5.95. The first-order valence-electron chi connectivity index (χ1n) is 13.3. The van der Waals surface area contributed by atoms with Gasteiger partial charge in [-0.15, -0.1) is 5.10 Å². The number of ether oxygens (including phenoxy) is 2. The van der Waals surface area contributed by atoms with Crippen LogP contribution in [0.5, 0.6) is 5.75 Å². The highest BCUT2D eigenvalue weighted by atomic mass is 19.1. The van der Waals surface area contributed by atoms with Gasteiger partial charge in [0, 0.05) is 37.8 Å². The molecule has 10 nitrogen and oxygen atoms in total. The Morgan fingerprint density at radius 3 is 2.59 bits per heavy atom. The van der Waals surface area contributed by atoms with E-state index in [1.807, 2.05) is 25.1 Å². The molecule has 0 aliphatic carbocycles. The number of benzene rings is 2. The second-order valence-electron chi connectivity index (χ2n) is 9.25. The Kier molecular flexibility index (Phi) is 10.4. The number of hydrogen-bond donors (Lipinski definition) is 2. The van der Waals surface area contributed by atoms with Gasteiger partial charge in [0.05, 0.1) is 19.4 Å². The van der Waals surface area contributed by atoms with Gasteiger partial charge in [-0.25, -0.2) is 9.07 Å². The maximum atomic E-state index is 12.9. The maximum Gasteiger partial charge on any atom is 0.273 e. The van der Waals surface area contributed by atoms with Gasteiger partial charge in [0.1, 0.15) is 24.7 Å². The molecule has 3 aromatic rings. The average Bonchev–Trinajstić information content (AvgIpc) is 3.45. The minimum atomic E-state index is -0.575. The lowest BCUT2D eigenvalue weighted by molar-refractivity contribution is 0.0894. The van der Waals surface area contributed by atoms with Crippen LogP contribution in [-0.4, -0.2) is 83.9 Å². The van der Waals surface area contributed by atoms with Crippen molar-refractivity contribution in [3.63, 3.8) is 0 Å². The van der Waals surface area contributed by atoms with E-state index in [9.17, 15) is 14.0 Å². The molecule has 0 saturated carbocycles. The van der Waals surface area contributed by atoms with Crippen molar-refractivity contribution in [2.24, 2.45) is 0 Å². The molecule has 39 heavy (non-hydrogen) atoms. The lowest BCUT2D eigenvalue weighted by Gasteiger charge is -2.32. The molecule has 0 atom stereocenters. The fraction of sp³-hybridized carbons (Fsp3) is 0.429. The third-order valence-electron chi connectivity index (χ3n) is 6.41. The highest BCUT2D eigenvalue weighted by Crippen LogP contribution is 2.24. The molecule has 1 saturated heterocycles. The van der Waals surface area contributed by atoms with Gasteiger partial charge >= 0.3 is 0 Å². The number of carbonyl (C=O) groups excluding carboxylic acids is 2. The number of halogens is 1. The summed E-state index contributed by atoms with van der Waals surface area (Å²) in [6, 6.07) is 15.4. The molecule has 208 valence electrons. The second-order valence-corrected chi connectivity index (χ2v) is 9.25. The summed E-state index contributed by atoms with van der Waals surface area (Å²) in [6.45, 7) is 4.78. The Morgan fingerprint density at radius 2 is 1.85 bits per heavy atom. The smallest absolute Gasteiger partial charge is 0.273 e. The number of nitrogens with zero attached hydrogens (tertiary/aromatic N) is 4. The number of amides is 2. The van der Waals surface area contributed by atoms with Crippen molar-refractivity contribution in [3.8, 4) is 11.4 Å². The molecule has 4 rings (SSSR count). The van der Waals surface area contributed by atoms with Gasteiger partial charge in [-0.2, -0.15) is 0 Å². The van der Waals surface area contributed by atoms with Crippen molar-refractivity contribution in [1.29, 1.82) is 0 Å². The predicted octanol–water partition coefficient (Wildman–Crippen LogP) is 2.78. The molecule has 0 unspecified atom stereocenters. The van der Waals surface area contributed by atoms with Crippen LogP contribution in [0.2, 0.25) is 0 Å². The normalized spacial score (nSPS) is 14.2. The van der Waals surface area contributed by atoms with E-state index in [1.54, 1.807) is 18.2 Å². The number of rotatable bonds is 13. The number of nitrogens with one attached hydrogen (secondary N) is 2. The summed E-state index contributed by atoms with van der Waals surface area (Å²) in [5.41, 5.74) is 2.39. The SMILES string of the molecule is CCNC(=O)c1ccc(-n2cc(C(=O)NC3CCN(Cc4ccccc4)CC3)nn2)c(OCCOCCF)c1. The summed E-state index contributed by atoms with van der Waals surface area (Å²) in [4.78, 5) is 27.7. The lowest BCUT2D eigenvalue weighted by Crippen LogP contribution is -2.44. The van der Waals surface area contributed by atoms with Gasteiger partial charge in [-0.1, -0.05) is 35.5 Å². The molecule has 0 spiro atoms. The zero-order valence-electron chi connectivity index (χ0n) is 22.1. The van der Waals surface area contributed by atoms with Crippen LogP contribution >= 0.6 is 0 Å². The van der Waals surface area contributed by atoms with Gasteiger partial charge in [-0.05, 0) is 43.5 Å². The lowest BCUT2D eigenvalue weighted by atomic mass is 10.0. The molecule has 2 heterocycles. The monoisotopic (exact) mass is 538 g/mol. The fourth-order valence-corrected chi connectivity index (χ4v) is 4.41. The molecular weight excluding hydrogens is 503 g/mol. The zero-order chi connectivity index (χ0) is 27.5. The summed E-state index contributed by atoms with van der Waals surface area (Å²) >= 11 is 0. The molecule has 2 aromatic carbocycles. The summed E-state index contributed by atoms with van der Waals surface area (Å²) < 4.78 is 24.7. The van der Waals surface area contributed by atoms with Crippen molar-refractivity contribution < 1.29 is 23.5 Å². The van der Waals surface area contributed by atoms with Gasteiger partial charge < -0.3 is 20.1 Å². The van der Waals surface area contributed by atoms with Gasteiger partial charge in [0.25, 0.3) is 11.8 Å². The Bertz CT molecular complexity index is 1210. The number of aromatic nitrogens is 3. The third kappa shape index (κ3) is 8.08. The number of hydrogen-bond acceptors (Lipinski definition) is 7. The number of piperidine rings is 1. The van der Waals surface area contributed by atoms with Crippen LogP contribution in [0.25, 0.3) is 5.69 Å². The second kappa shape index (κ2) is 14.4. The van der Waals surface area contributed by atoms with E-state index in [0.29, 0.717) is 23.5 Å². The summed E-state index contributed by atoms with van der Waals surface area (Å²) in [5, 5.41) is 14.0. The van der Waals surface area contributed by atoms with Crippen LogP contribution in [0.15, 0.2) is 54.7 Å². The van der Waals surface area contributed by atoms with Crippen molar-refractivity contribution in [2.75, 3.05) is 46.1 Å². The van der Waals surface area contributed by atoms with Crippen LogP contribution in [0.3, 0.4) is 0 Å². The minimum absolute atomic E-state index is 0.0111. The zero-order valence-corrected chi connectivity index (χ0v) is 22.1. The molecule has 2 amide bonds. The van der Waals surface area contributed by atoms with Crippen LogP contribution in [-0.2, 0) is 11.3 Å². The van der Waals surface area contributed by atoms with E-state index in [1.165, 1.54) is 16.4 Å². The number of carbonyl (C=O) groups is 2. The molecule has 0 bridgehead atoms. The minimum Gasteiger partial charge on any atom is -0.489 e. The first kappa shape index (κ1) is 28.2. The largest absolute Gasteiger partial charge is 0.489 e. The van der Waals surface area contributed by atoms with Gasteiger partial charge in [0.15, 0.2) is 5.69 Å². The summed E-state index contributed by atoms with van der Waals surface area (Å²) in [6.07, 6.45) is 3.25. The predicted molar refractivity (Wildman–Crippen MR) is 144 cm³/mol. The van der Waals surface area contributed by atoms with E-state index < -0.39 is 6.67 Å². The van der Waals surface area contributed by atoms with E-state index >= 15 is 0 Å². The van der Waals surface area contributed by atoms with Gasteiger partial charge in [-0.3, -0.25) is 14.5 Å². The average molecular weight is 539 g/mol. The Labute approximate surface area is 227 Å². The maximum absolute atomic E-state index is 12.9. The van der Waals surface area contributed by atoms with Crippen LogP contribution in [0.1, 0.15) is 46.2 Å². The van der Waals surface area contributed by atoms with Crippen molar-refractivity contribution in [2.45, 2.75) is 32.4 Å². The number of alkyl halides is 1. The van der Waals surface area contributed by atoms with Crippen LogP contribution in [0.4, 0.5) is 4.39 Å². The van der Waals surface area contributed by atoms with E-state index in [-0.39, 0.29) is 43.4 Å². The first-order chi connectivity index (χ1) is 19.1. The van der Waals surface area contributed by atoms with E-state index in [4.69, 9.17) is 9.47 Å². The van der Waals surface area contributed by atoms with E-state index in [2.05, 4.69) is 38.0 Å². The first-order valence-corrected chi connectivity index (χ1v) is 13.3. The molecule has 1 aliphatic rings. The molecule has 11 heteroatoms. The van der Waals surface area contributed by atoms with Crippen molar-refractivity contribution >= 4 is 11.8 Å². The quantitative estimate of drug-likeness (QED) is 0.322. The molecule has 2 N–H and O–H groups in total. The Morgan fingerprint density at radius 1 is 1.05 bits per heavy atom. The fourth-order valence-electron chi connectivity index (χ4n) is 4.41. The van der Waals surface area contributed by atoms with E-state index in [0.717, 1.165) is 32.5 Å². The molecule has 1 aliphatic heterocycles. The number of likely N-dealkylation sites (tertiary alicyclic amines) is 1. The van der Waals surface area contributed by atoms with Crippen LogP contribution < -0.4 is 15.4 Å². The Balaban J connectivity index is 1.37. The van der Waals surface area contributed by atoms with Crippen molar-refractivity contribution in [3.05, 3.63) is 71.5 Å². The standard InChI is InChI=1S/C28H35FN6O4/c1-2-30-27(36)22-8-9-25(26(18-22)39-17-16-38-15-12-29)35-20-24(32-33-35)28(37)31-23-10-13-34(14-11-23)19-21-6-4-3-5-7-21/h3-9,18,20,23H,2,10-17,19H2,1H3,(H,30,36)(H,31,37). The molecule has 0 radical (unpaired) electrons. The summed E-state index contributed by atoms with van der Waals surface area (Å²) in [7, 11) is 0. The molecule has 1 aromatic heterocycles. The van der Waals surface area contributed by atoms with Crippen molar-refractivity contribution in [1.82, 2.24) is 30.5 Å². The molecular formula is C28H35FN6O4.